The maximum Gasteiger partial charge on any atom is 0.337 e. The summed E-state index contributed by atoms with van der Waals surface area (Å²) in [7, 11) is -1.91. The van der Waals surface area contributed by atoms with E-state index in [9.17, 15) is 0 Å². The standard InChI is InChI=1S/C23H50O2Si/c1-6-9-10-11-12-13-14-15-16-17-18-19-20-21-24-26(7-2,8-3)25-22-23(4)5/h23H,6-22H2,1-5H3. The lowest BCUT2D eigenvalue weighted by Gasteiger charge is -2.29. The Morgan fingerprint density at radius 1 is 0.577 bits per heavy atom. The van der Waals surface area contributed by atoms with Crippen LogP contribution in [-0.2, 0) is 8.85 Å². The van der Waals surface area contributed by atoms with Crippen LogP contribution in [-0.4, -0.2) is 21.8 Å². The minimum Gasteiger partial charge on any atom is -0.394 e. The SMILES string of the molecule is CCCCCCCCCCCCCCCO[Si](CC)(CC)OCC(C)C. The van der Waals surface area contributed by atoms with Crippen molar-refractivity contribution in [3.05, 3.63) is 0 Å². The molecule has 0 saturated heterocycles. The highest BCUT2D eigenvalue weighted by molar-refractivity contribution is 6.67. The summed E-state index contributed by atoms with van der Waals surface area (Å²) in [4.78, 5) is 0. The lowest BCUT2D eigenvalue weighted by Crippen LogP contribution is -2.42. The van der Waals surface area contributed by atoms with Crippen LogP contribution < -0.4 is 0 Å². The Balaban J connectivity index is 3.48. The van der Waals surface area contributed by atoms with Crippen LogP contribution in [0, 0.1) is 5.92 Å². The van der Waals surface area contributed by atoms with Gasteiger partial charge in [0.05, 0.1) is 0 Å². The fourth-order valence-electron chi connectivity index (χ4n) is 3.40. The average molecular weight is 387 g/mol. The summed E-state index contributed by atoms with van der Waals surface area (Å²) >= 11 is 0. The minimum atomic E-state index is -1.91. The van der Waals surface area contributed by atoms with Crippen molar-refractivity contribution < 1.29 is 8.85 Å². The molecule has 0 fully saturated rings. The first kappa shape index (κ1) is 26.1. The first-order valence-corrected chi connectivity index (χ1v) is 14.1. The quantitative estimate of drug-likeness (QED) is 0.155. The summed E-state index contributed by atoms with van der Waals surface area (Å²) in [6.07, 6.45) is 18.2. The van der Waals surface area contributed by atoms with E-state index in [1.807, 2.05) is 0 Å². The molecule has 0 heterocycles. The highest BCUT2D eigenvalue weighted by Gasteiger charge is 2.33. The molecule has 3 heteroatoms. The largest absolute Gasteiger partial charge is 0.394 e. The van der Waals surface area contributed by atoms with Crippen molar-refractivity contribution in [2.24, 2.45) is 5.92 Å². The van der Waals surface area contributed by atoms with E-state index < -0.39 is 8.56 Å². The van der Waals surface area contributed by atoms with Crippen LogP contribution in [0.1, 0.15) is 118 Å². The van der Waals surface area contributed by atoms with Crippen LogP contribution in [0.5, 0.6) is 0 Å². The predicted molar refractivity (Wildman–Crippen MR) is 119 cm³/mol. The second-order valence-corrected chi connectivity index (χ2v) is 12.2. The molecule has 0 aromatic carbocycles. The van der Waals surface area contributed by atoms with Gasteiger partial charge >= 0.3 is 8.56 Å². The fourth-order valence-corrected chi connectivity index (χ4v) is 5.95. The van der Waals surface area contributed by atoms with Crippen LogP contribution in [0.15, 0.2) is 0 Å². The van der Waals surface area contributed by atoms with E-state index in [-0.39, 0.29) is 0 Å². The molecule has 0 bridgehead atoms. The lowest BCUT2D eigenvalue weighted by atomic mass is 10.0. The Hall–Kier alpha value is 0.137. The molecular formula is C23H50O2Si. The molecule has 0 unspecified atom stereocenters. The Kier molecular flexibility index (Phi) is 18.6. The van der Waals surface area contributed by atoms with Crippen LogP contribution in [0.2, 0.25) is 12.1 Å². The molecule has 158 valence electrons. The first-order chi connectivity index (χ1) is 12.6. The molecule has 0 N–H and O–H groups in total. The second-order valence-electron chi connectivity index (χ2n) is 8.41. The van der Waals surface area contributed by atoms with E-state index in [4.69, 9.17) is 8.85 Å². The van der Waals surface area contributed by atoms with Gasteiger partial charge in [-0.15, -0.1) is 0 Å². The molecule has 0 aliphatic carbocycles. The van der Waals surface area contributed by atoms with E-state index in [0.29, 0.717) is 5.92 Å². The van der Waals surface area contributed by atoms with Gasteiger partial charge in [0, 0.05) is 13.2 Å². The van der Waals surface area contributed by atoms with Crippen molar-refractivity contribution in [1.82, 2.24) is 0 Å². The smallest absolute Gasteiger partial charge is 0.337 e. The minimum absolute atomic E-state index is 0.597. The molecule has 2 nitrogen and oxygen atoms in total. The van der Waals surface area contributed by atoms with Gasteiger partial charge in [-0.1, -0.05) is 112 Å². The third-order valence-electron chi connectivity index (χ3n) is 5.37. The lowest BCUT2D eigenvalue weighted by molar-refractivity contribution is 0.150. The van der Waals surface area contributed by atoms with Gasteiger partial charge in [0.2, 0.25) is 0 Å². The summed E-state index contributed by atoms with van der Waals surface area (Å²) in [6.45, 7) is 13.0. The van der Waals surface area contributed by atoms with E-state index in [2.05, 4.69) is 34.6 Å². The predicted octanol–water partition coefficient (Wildman–Crippen LogP) is 8.25. The Morgan fingerprint density at radius 3 is 1.38 bits per heavy atom. The van der Waals surface area contributed by atoms with Gasteiger partial charge in [-0.2, -0.15) is 0 Å². The molecule has 0 atom stereocenters. The van der Waals surface area contributed by atoms with Gasteiger partial charge in [-0.25, -0.2) is 0 Å². The summed E-state index contributed by atoms with van der Waals surface area (Å²) in [5.41, 5.74) is 0. The Bertz CT molecular complexity index is 277. The molecule has 0 rings (SSSR count). The zero-order chi connectivity index (χ0) is 19.5. The molecule has 0 saturated carbocycles. The zero-order valence-electron chi connectivity index (χ0n) is 18.9. The summed E-state index contributed by atoms with van der Waals surface area (Å²) < 4.78 is 12.5. The molecule has 0 radical (unpaired) electrons. The number of hydrogen-bond acceptors (Lipinski definition) is 2. The highest BCUT2D eigenvalue weighted by Crippen LogP contribution is 2.20. The van der Waals surface area contributed by atoms with Crippen molar-refractivity contribution in [3.63, 3.8) is 0 Å². The van der Waals surface area contributed by atoms with E-state index >= 15 is 0 Å². The van der Waals surface area contributed by atoms with Gasteiger partial charge in [-0.3, -0.25) is 0 Å². The molecule has 26 heavy (non-hydrogen) atoms. The van der Waals surface area contributed by atoms with E-state index in [1.54, 1.807) is 0 Å². The molecule has 0 spiro atoms. The van der Waals surface area contributed by atoms with Crippen molar-refractivity contribution in [1.29, 1.82) is 0 Å². The van der Waals surface area contributed by atoms with Gasteiger partial charge in [0.1, 0.15) is 0 Å². The molecule has 0 aromatic rings. The van der Waals surface area contributed by atoms with Crippen molar-refractivity contribution in [2.45, 2.75) is 130 Å². The summed E-state index contributed by atoms with van der Waals surface area (Å²) in [6, 6.07) is 2.16. The van der Waals surface area contributed by atoms with Gasteiger partial charge in [0.25, 0.3) is 0 Å². The maximum atomic E-state index is 6.30. The van der Waals surface area contributed by atoms with E-state index in [1.165, 1.54) is 83.5 Å². The molecular weight excluding hydrogens is 336 g/mol. The van der Waals surface area contributed by atoms with Gasteiger partial charge < -0.3 is 8.85 Å². The van der Waals surface area contributed by atoms with Gasteiger partial charge in [0.15, 0.2) is 0 Å². The number of hydrogen-bond donors (Lipinski definition) is 0. The normalized spacial score (nSPS) is 12.2. The summed E-state index contributed by atoms with van der Waals surface area (Å²) in [5, 5.41) is 0. The van der Waals surface area contributed by atoms with Gasteiger partial charge in [-0.05, 0) is 24.4 Å². The number of rotatable bonds is 20. The Morgan fingerprint density at radius 2 is 1.00 bits per heavy atom. The molecule has 0 amide bonds. The monoisotopic (exact) mass is 386 g/mol. The van der Waals surface area contributed by atoms with Crippen LogP contribution in [0.25, 0.3) is 0 Å². The fraction of sp³-hybridized carbons (Fsp3) is 1.00. The van der Waals surface area contributed by atoms with Crippen molar-refractivity contribution in [2.75, 3.05) is 13.2 Å². The molecule has 0 aromatic heterocycles. The zero-order valence-corrected chi connectivity index (χ0v) is 19.9. The van der Waals surface area contributed by atoms with Crippen LogP contribution in [0.3, 0.4) is 0 Å². The van der Waals surface area contributed by atoms with Crippen LogP contribution >= 0.6 is 0 Å². The average Bonchev–Trinajstić information content (AvgIpc) is 2.64. The molecule has 0 aliphatic heterocycles. The van der Waals surface area contributed by atoms with E-state index in [0.717, 1.165) is 25.3 Å². The maximum absolute atomic E-state index is 6.30. The Labute approximate surface area is 167 Å². The highest BCUT2D eigenvalue weighted by atomic mass is 28.4. The third-order valence-corrected chi connectivity index (χ3v) is 8.95. The molecule has 0 aliphatic rings. The van der Waals surface area contributed by atoms with Crippen LogP contribution in [0.4, 0.5) is 0 Å². The number of unbranched alkanes of at least 4 members (excludes halogenated alkanes) is 12. The summed E-state index contributed by atoms with van der Waals surface area (Å²) in [5.74, 6) is 0.597. The second kappa shape index (κ2) is 18.5. The van der Waals surface area contributed by atoms with Crippen molar-refractivity contribution >= 4 is 8.56 Å². The first-order valence-electron chi connectivity index (χ1n) is 11.9. The topological polar surface area (TPSA) is 18.5 Å². The van der Waals surface area contributed by atoms with Crippen molar-refractivity contribution in [3.8, 4) is 0 Å². The third kappa shape index (κ3) is 15.2.